The van der Waals surface area contributed by atoms with E-state index in [0.717, 1.165) is 13.0 Å². The molecule has 1 heterocycles. The van der Waals surface area contributed by atoms with Crippen LogP contribution >= 0.6 is 11.3 Å². The molecule has 0 aliphatic heterocycles. The van der Waals surface area contributed by atoms with Crippen LogP contribution in [0.5, 0.6) is 0 Å². The summed E-state index contributed by atoms with van der Waals surface area (Å²) in [7, 11) is 0. The highest BCUT2D eigenvalue weighted by Crippen LogP contribution is 2.18. The van der Waals surface area contributed by atoms with Gasteiger partial charge in [0.25, 0.3) is 0 Å². The van der Waals surface area contributed by atoms with Crippen LogP contribution in [-0.4, -0.2) is 28.8 Å². The second-order valence-corrected chi connectivity index (χ2v) is 8.31. The van der Waals surface area contributed by atoms with Gasteiger partial charge in [-0.2, -0.15) is 0 Å². The normalized spacial score (nSPS) is 14.7. The summed E-state index contributed by atoms with van der Waals surface area (Å²) in [5.74, 6) is 0.527. The van der Waals surface area contributed by atoms with E-state index in [4.69, 9.17) is 4.74 Å². The Bertz CT molecular complexity index is 454. The second kappa shape index (κ2) is 7.92. The third-order valence-corrected chi connectivity index (χ3v) is 3.83. The number of thiazole rings is 1. The van der Waals surface area contributed by atoms with Gasteiger partial charge in [-0.25, -0.2) is 4.79 Å². The van der Waals surface area contributed by atoms with Crippen LogP contribution in [0, 0.1) is 5.92 Å². The van der Waals surface area contributed by atoms with Gasteiger partial charge in [0.2, 0.25) is 0 Å². The van der Waals surface area contributed by atoms with Crippen LogP contribution in [0.4, 0.5) is 4.79 Å². The summed E-state index contributed by atoms with van der Waals surface area (Å²) in [4.78, 5) is 17.1. The zero-order valence-corrected chi connectivity index (χ0v) is 15.3. The van der Waals surface area contributed by atoms with Crippen molar-refractivity contribution in [3.63, 3.8) is 0 Å². The first-order valence-electron chi connectivity index (χ1n) is 7.69. The van der Waals surface area contributed by atoms with E-state index in [0.29, 0.717) is 12.5 Å². The van der Waals surface area contributed by atoms with Crippen LogP contribution in [-0.2, 0) is 11.3 Å². The third-order valence-electron chi connectivity index (χ3n) is 3.05. The number of carbonyl (C=O) groups excluding carboxylic acids is 1. The number of amides is 1. The quantitative estimate of drug-likeness (QED) is 0.804. The maximum atomic E-state index is 11.9. The van der Waals surface area contributed by atoms with Gasteiger partial charge in [0.05, 0.1) is 5.51 Å². The van der Waals surface area contributed by atoms with Gasteiger partial charge in [-0.05, 0) is 40.0 Å². The molecule has 5 nitrogen and oxygen atoms in total. The predicted molar refractivity (Wildman–Crippen MR) is 91.1 cm³/mol. The summed E-state index contributed by atoms with van der Waals surface area (Å²) in [6.07, 6.45) is 2.46. The van der Waals surface area contributed by atoms with E-state index in [-0.39, 0.29) is 11.6 Å². The van der Waals surface area contributed by atoms with Crippen LogP contribution in [0.15, 0.2) is 11.7 Å². The molecule has 1 atom stereocenters. The largest absolute Gasteiger partial charge is 0.444 e. The Hall–Kier alpha value is -1.14. The lowest BCUT2D eigenvalue weighted by atomic mass is 9.90. The number of ether oxygens (including phenoxy) is 1. The van der Waals surface area contributed by atoms with Crippen molar-refractivity contribution in [3.8, 4) is 0 Å². The summed E-state index contributed by atoms with van der Waals surface area (Å²) in [6, 6.07) is 0. The van der Waals surface area contributed by atoms with Crippen molar-refractivity contribution in [2.75, 3.05) is 6.54 Å². The summed E-state index contributed by atoms with van der Waals surface area (Å²) >= 11 is 1.63. The van der Waals surface area contributed by atoms with Gasteiger partial charge in [-0.3, -0.25) is 4.98 Å². The van der Waals surface area contributed by atoms with E-state index >= 15 is 0 Å². The maximum absolute atomic E-state index is 11.9. The van der Waals surface area contributed by atoms with E-state index < -0.39 is 5.60 Å². The van der Waals surface area contributed by atoms with Crippen LogP contribution in [0.25, 0.3) is 0 Å². The molecule has 0 aliphatic rings. The fourth-order valence-corrected chi connectivity index (χ4v) is 2.85. The van der Waals surface area contributed by atoms with Crippen molar-refractivity contribution in [2.24, 2.45) is 5.92 Å². The number of nitrogens with one attached hydrogen (secondary N) is 2. The van der Waals surface area contributed by atoms with Gasteiger partial charge in [0, 0.05) is 29.7 Å². The summed E-state index contributed by atoms with van der Waals surface area (Å²) < 4.78 is 5.30. The molecule has 0 spiro atoms. The molecule has 1 rings (SSSR count). The van der Waals surface area contributed by atoms with E-state index in [9.17, 15) is 4.79 Å². The molecule has 0 bridgehead atoms. The molecule has 126 valence electrons. The molecule has 6 heteroatoms. The fraction of sp³-hybridized carbons (Fsp3) is 0.750. The number of hydrogen-bond acceptors (Lipinski definition) is 5. The van der Waals surface area contributed by atoms with Crippen LogP contribution in [0.1, 0.15) is 52.8 Å². The van der Waals surface area contributed by atoms with E-state index in [1.807, 2.05) is 32.5 Å². The van der Waals surface area contributed by atoms with Crippen molar-refractivity contribution in [3.05, 3.63) is 16.6 Å². The first-order chi connectivity index (χ1) is 10.1. The van der Waals surface area contributed by atoms with E-state index in [1.54, 1.807) is 11.3 Å². The first-order valence-corrected chi connectivity index (χ1v) is 8.57. The molecule has 22 heavy (non-hydrogen) atoms. The molecule has 0 aliphatic carbocycles. The Labute approximate surface area is 137 Å². The monoisotopic (exact) mass is 327 g/mol. The maximum Gasteiger partial charge on any atom is 0.407 e. The molecule has 2 N–H and O–H groups in total. The highest BCUT2D eigenvalue weighted by molar-refractivity contribution is 7.09. The number of aromatic nitrogens is 1. The van der Waals surface area contributed by atoms with Gasteiger partial charge in [0.1, 0.15) is 5.60 Å². The van der Waals surface area contributed by atoms with E-state index in [2.05, 4.69) is 36.4 Å². The average Bonchev–Trinajstić information content (AvgIpc) is 2.84. The van der Waals surface area contributed by atoms with Crippen LogP contribution in [0.2, 0.25) is 0 Å². The lowest BCUT2D eigenvalue weighted by molar-refractivity contribution is 0.0507. The summed E-state index contributed by atoms with van der Waals surface area (Å²) in [5, 5.41) is 6.43. The standard InChI is InChI=1S/C16H29N3O2S/c1-12(2)7-16(6,19-9-13-8-17-11-22-13)10-18-14(20)21-15(3,4)5/h8,11-12,19H,7,9-10H2,1-6H3,(H,18,20). The highest BCUT2D eigenvalue weighted by Gasteiger charge is 2.27. The topological polar surface area (TPSA) is 63.2 Å². The molecule has 1 unspecified atom stereocenters. The Balaban J connectivity index is 2.56. The molecule has 0 aromatic carbocycles. The fourth-order valence-electron chi connectivity index (χ4n) is 2.32. The lowest BCUT2D eigenvalue weighted by Crippen LogP contribution is -2.52. The van der Waals surface area contributed by atoms with Gasteiger partial charge < -0.3 is 15.4 Å². The second-order valence-electron chi connectivity index (χ2n) is 7.34. The van der Waals surface area contributed by atoms with Crippen LogP contribution in [0.3, 0.4) is 0 Å². The molecule has 0 saturated heterocycles. The van der Waals surface area contributed by atoms with Gasteiger partial charge in [-0.15, -0.1) is 11.3 Å². The molecule has 0 saturated carbocycles. The Kier molecular flexibility index (Phi) is 6.81. The molecule has 0 fully saturated rings. The number of rotatable bonds is 7. The van der Waals surface area contributed by atoms with Crippen molar-refractivity contribution < 1.29 is 9.53 Å². The van der Waals surface area contributed by atoms with Crippen molar-refractivity contribution in [1.29, 1.82) is 0 Å². The number of carbonyl (C=O) groups is 1. The Morgan fingerprint density at radius 1 is 1.36 bits per heavy atom. The minimum Gasteiger partial charge on any atom is -0.444 e. The highest BCUT2D eigenvalue weighted by atomic mass is 32.1. The summed E-state index contributed by atoms with van der Waals surface area (Å²) in [6.45, 7) is 13.4. The van der Waals surface area contributed by atoms with E-state index in [1.165, 1.54) is 4.88 Å². The van der Waals surface area contributed by atoms with Crippen LogP contribution < -0.4 is 10.6 Å². The number of alkyl carbamates (subject to hydrolysis) is 1. The third kappa shape index (κ3) is 7.75. The minimum absolute atomic E-state index is 0.185. The molecule has 1 aromatic heterocycles. The molecule has 1 aromatic rings. The number of hydrogen-bond donors (Lipinski definition) is 2. The summed E-state index contributed by atoms with van der Waals surface area (Å²) in [5.41, 5.74) is 1.17. The minimum atomic E-state index is -0.478. The zero-order valence-electron chi connectivity index (χ0n) is 14.5. The predicted octanol–water partition coefficient (Wildman–Crippen LogP) is 3.56. The van der Waals surface area contributed by atoms with Gasteiger partial charge in [-0.1, -0.05) is 13.8 Å². The average molecular weight is 327 g/mol. The Morgan fingerprint density at radius 2 is 2.05 bits per heavy atom. The zero-order chi connectivity index (χ0) is 16.8. The van der Waals surface area contributed by atoms with Crippen molar-refractivity contribution in [1.82, 2.24) is 15.6 Å². The van der Waals surface area contributed by atoms with Gasteiger partial charge >= 0.3 is 6.09 Å². The Morgan fingerprint density at radius 3 is 2.55 bits per heavy atom. The molecule has 0 radical (unpaired) electrons. The first kappa shape index (κ1) is 18.9. The van der Waals surface area contributed by atoms with Gasteiger partial charge in [0.15, 0.2) is 0 Å². The molecular weight excluding hydrogens is 298 g/mol. The number of nitrogens with zero attached hydrogens (tertiary/aromatic N) is 1. The smallest absolute Gasteiger partial charge is 0.407 e. The van der Waals surface area contributed by atoms with Crippen molar-refractivity contribution >= 4 is 17.4 Å². The lowest BCUT2D eigenvalue weighted by Gasteiger charge is -2.33. The molecular formula is C16H29N3O2S. The van der Waals surface area contributed by atoms with Crippen molar-refractivity contribution in [2.45, 2.75) is 65.6 Å². The molecule has 1 amide bonds. The SMILES string of the molecule is CC(C)CC(C)(CNC(=O)OC(C)(C)C)NCc1cncs1.